The molecule has 0 spiro atoms. The maximum absolute atomic E-state index is 12.3. The molecular weight excluding hydrogens is 258 g/mol. The average molecular weight is 279 g/mol. The van der Waals surface area contributed by atoms with Crippen LogP contribution >= 0.6 is 0 Å². The molecule has 2 bridgehead atoms. The van der Waals surface area contributed by atoms with Gasteiger partial charge in [-0.05, 0) is 50.2 Å². The first-order chi connectivity index (χ1) is 9.03. The quantitative estimate of drug-likeness (QED) is 0.924. The second-order valence-electron chi connectivity index (χ2n) is 6.15. The summed E-state index contributed by atoms with van der Waals surface area (Å²) in [5.74, 6) is 1.48. The van der Waals surface area contributed by atoms with E-state index >= 15 is 0 Å². The van der Waals surface area contributed by atoms with Crippen molar-refractivity contribution in [1.29, 1.82) is 0 Å². The van der Waals surface area contributed by atoms with Gasteiger partial charge in [0.05, 0.1) is 4.90 Å². The lowest BCUT2D eigenvalue weighted by atomic mass is 9.86. The Labute approximate surface area is 115 Å². The molecule has 19 heavy (non-hydrogen) atoms. The topological polar surface area (TPSA) is 46.2 Å². The molecule has 2 unspecified atom stereocenters. The first kappa shape index (κ1) is 13.1. The van der Waals surface area contributed by atoms with Crippen molar-refractivity contribution in [1.82, 2.24) is 4.72 Å². The van der Waals surface area contributed by atoms with Crippen LogP contribution in [0.25, 0.3) is 0 Å². The minimum absolute atomic E-state index is 0.137. The zero-order valence-electron chi connectivity index (χ0n) is 11.3. The molecule has 0 heterocycles. The van der Waals surface area contributed by atoms with Crippen molar-refractivity contribution in [2.75, 3.05) is 0 Å². The van der Waals surface area contributed by atoms with Crippen LogP contribution in [-0.4, -0.2) is 14.5 Å². The predicted octanol–water partition coefficient (Wildman–Crippen LogP) is 2.85. The molecule has 3 rings (SSSR count). The smallest absolute Gasteiger partial charge is 0.208 e. The third-order valence-electron chi connectivity index (χ3n) is 4.54. The van der Waals surface area contributed by atoms with Gasteiger partial charge in [0, 0.05) is 6.04 Å². The highest BCUT2D eigenvalue weighted by atomic mass is 32.2. The molecule has 2 aliphatic rings. The van der Waals surface area contributed by atoms with Crippen molar-refractivity contribution < 1.29 is 8.42 Å². The van der Waals surface area contributed by atoms with E-state index in [0.717, 1.165) is 30.2 Å². The molecule has 4 heteroatoms. The number of rotatable bonds is 3. The zero-order valence-corrected chi connectivity index (χ0v) is 12.1. The van der Waals surface area contributed by atoms with Crippen molar-refractivity contribution in [3.05, 3.63) is 29.8 Å². The van der Waals surface area contributed by atoms with Crippen molar-refractivity contribution >= 4 is 10.0 Å². The number of benzene rings is 1. The van der Waals surface area contributed by atoms with Crippen LogP contribution in [0.4, 0.5) is 0 Å². The molecule has 2 saturated carbocycles. The van der Waals surface area contributed by atoms with E-state index in [1.165, 1.54) is 19.3 Å². The first-order valence-corrected chi connectivity index (χ1v) is 8.60. The number of nitrogens with one attached hydrogen (secondary N) is 1. The maximum atomic E-state index is 12.3. The van der Waals surface area contributed by atoms with Crippen molar-refractivity contribution in [3.63, 3.8) is 0 Å². The van der Waals surface area contributed by atoms with E-state index in [1.54, 1.807) is 12.1 Å². The summed E-state index contributed by atoms with van der Waals surface area (Å²) in [5.41, 5.74) is 1.08. The molecule has 1 aromatic carbocycles. The van der Waals surface area contributed by atoms with Gasteiger partial charge in [0.1, 0.15) is 0 Å². The molecule has 0 aliphatic heterocycles. The lowest BCUT2D eigenvalue weighted by Crippen LogP contribution is -2.38. The first-order valence-electron chi connectivity index (χ1n) is 7.12. The summed E-state index contributed by atoms with van der Waals surface area (Å²) in [6, 6.07) is 7.21. The van der Waals surface area contributed by atoms with Gasteiger partial charge in [-0.2, -0.15) is 0 Å². The molecule has 2 fully saturated rings. The van der Waals surface area contributed by atoms with Gasteiger partial charge in [-0.25, -0.2) is 13.1 Å². The molecule has 2 atom stereocenters. The molecule has 1 aromatic rings. The van der Waals surface area contributed by atoms with E-state index < -0.39 is 10.0 Å². The highest BCUT2D eigenvalue weighted by molar-refractivity contribution is 7.89. The summed E-state index contributed by atoms with van der Waals surface area (Å²) in [6.07, 6.45) is 5.91. The van der Waals surface area contributed by atoms with Crippen molar-refractivity contribution in [3.8, 4) is 0 Å². The fourth-order valence-electron chi connectivity index (χ4n) is 3.61. The monoisotopic (exact) mass is 279 g/mol. The molecule has 0 amide bonds. The third kappa shape index (κ3) is 2.84. The number of hydrogen-bond acceptors (Lipinski definition) is 2. The lowest BCUT2D eigenvalue weighted by Gasteiger charge is -2.28. The molecule has 104 valence electrons. The Kier molecular flexibility index (Phi) is 3.39. The highest BCUT2D eigenvalue weighted by Gasteiger charge is 2.35. The summed E-state index contributed by atoms with van der Waals surface area (Å²) >= 11 is 0. The van der Waals surface area contributed by atoms with E-state index in [9.17, 15) is 8.42 Å². The van der Waals surface area contributed by atoms with Crippen LogP contribution in [0, 0.1) is 18.8 Å². The Morgan fingerprint density at radius 1 is 1.00 bits per heavy atom. The molecule has 1 N–H and O–H groups in total. The SMILES string of the molecule is Cc1ccc(S(=O)(=O)NC2CC3CCC(C3)C2)cc1. The Balaban J connectivity index is 1.73. The zero-order chi connectivity index (χ0) is 13.5. The average Bonchev–Trinajstić information content (AvgIpc) is 2.69. The van der Waals surface area contributed by atoms with Gasteiger partial charge < -0.3 is 0 Å². The van der Waals surface area contributed by atoms with Crippen LogP contribution in [0.1, 0.15) is 37.7 Å². The molecule has 2 aliphatic carbocycles. The standard InChI is InChI=1S/C15H21NO2S/c1-11-2-6-15(7-3-11)19(17,18)16-14-9-12-4-5-13(8-12)10-14/h2-3,6-7,12-14,16H,4-5,8-10H2,1H3. The van der Waals surface area contributed by atoms with Gasteiger partial charge in [-0.3, -0.25) is 0 Å². The molecule has 3 nitrogen and oxygen atoms in total. The van der Waals surface area contributed by atoms with Crippen LogP contribution < -0.4 is 4.72 Å². The number of sulfonamides is 1. The second-order valence-corrected chi connectivity index (χ2v) is 7.86. The van der Waals surface area contributed by atoms with Gasteiger partial charge in [0.25, 0.3) is 0 Å². The number of fused-ring (bicyclic) bond motifs is 2. The Morgan fingerprint density at radius 3 is 2.16 bits per heavy atom. The van der Waals surface area contributed by atoms with Gasteiger partial charge in [-0.1, -0.05) is 30.5 Å². The second kappa shape index (κ2) is 4.91. The molecule has 0 radical (unpaired) electrons. The van der Waals surface area contributed by atoms with Crippen LogP contribution in [0.3, 0.4) is 0 Å². The van der Waals surface area contributed by atoms with Gasteiger partial charge >= 0.3 is 0 Å². The Morgan fingerprint density at radius 2 is 1.58 bits per heavy atom. The van der Waals surface area contributed by atoms with E-state index in [0.29, 0.717) is 4.90 Å². The molecule has 0 aromatic heterocycles. The third-order valence-corrected chi connectivity index (χ3v) is 6.08. The van der Waals surface area contributed by atoms with E-state index in [1.807, 2.05) is 19.1 Å². The maximum Gasteiger partial charge on any atom is 0.240 e. The van der Waals surface area contributed by atoms with E-state index in [2.05, 4.69) is 4.72 Å². The van der Waals surface area contributed by atoms with Gasteiger partial charge in [-0.15, -0.1) is 0 Å². The number of hydrogen-bond donors (Lipinski definition) is 1. The minimum Gasteiger partial charge on any atom is -0.208 e. The predicted molar refractivity (Wildman–Crippen MR) is 75.4 cm³/mol. The van der Waals surface area contributed by atoms with Gasteiger partial charge in [0.2, 0.25) is 10.0 Å². The Hall–Kier alpha value is -0.870. The summed E-state index contributed by atoms with van der Waals surface area (Å²) in [4.78, 5) is 0.385. The Bertz CT molecular complexity index is 538. The normalized spacial score (nSPS) is 30.5. The van der Waals surface area contributed by atoms with Crippen LogP contribution in [0.15, 0.2) is 29.2 Å². The largest absolute Gasteiger partial charge is 0.240 e. The minimum atomic E-state index is -3.35. The summed E-state index contributed by atoms with van der Waals surface area (Å²) in [7, 11) is -3.35. The lowest BCUT2D eigenvalue weighted by molar-refractivity contribution is 0.304. The summed E-state index contributed by atoms with van der Waals surface area (Å²) in [5, 5.41) is 0. The molecule has 0 saturated heterocycles. The van der Waals surface area contributed by atoms with Crippen LogP contribution in [0.5, 0.6) is 0 Å². The number of aryl methyl sites for hydroxylation is 1. The fraction of sp³-hybridized carbons (Fsp3) is 0.600. The van der Waals surface area contributed by atoms with Crippen molar-refractivity contribution in [2.45, 2.75) is 50.0 Å². The van der Waals surface area contributed by atoms with E-state index in [4.69, 9.17) is 0 Å². The summed E-state index contributed by atoms with van der Waals surface area (Å²) < 4.78 is 27.6. The summed E-state index contributed by atoms with van der Waals surface area (Å²) in [6.45, 7) is 1.96. The van der Waals surface area contributed by atoms with Crippen LogP contribution in [0.2, 0.25) is 0 Å². The van der Waals surface area contributed by atoms with Gasteiger partial charge in [0.15, 0.2) is 0 Å². The van der Waals surface area contributed by atoms with Crippen LogP contribution in [-0.2, 0) is 10.0 Å². The fourth-order valence-corrected chi connectivity index (χ4v) is 4.87. The highest BCUT2D eigenvalue weighted by Crippen LogP contribution is 2.42. The van der Waals surface area contributed by atoms with Crippen molar-refractivity contribution in [2.24, 2.45) is 11.8 Å². The molecular formula is C15H21NO2S. The van der Waals surface area contributed by atoms with E-state index in [-0.39, 0.29) is 6.04 Å².